The summed E-state index contributed by atoms with van der Waals surface area (Å²) in [5.74, 6) is -1.29. The van der Waals surface area contributed by atoms with Gasteiger partial charge in [0.1, 0.15) is 4.90 Å². The van der Waals surface area contributed by atoms with Gasteiger partial charge in [-0.25, -0.2) is 17.9 Å². The van der Waals surface area contributed by atoms with Gasteiger partial charge in [0, 0.05) is 19.0 Å². The highest BCUT2D eigenvalue weighted by atomic mass is 32.2. The molecule has 0 spiro atoms. The van der Waals surface area contributed by atoms with Crippen molar-refractivity contribution in [2.45, 2.75) is 23.8 Å². The molecule has 0 bridgehead atoms. The van der Waals surface area contributed by atoms with Gasteiger partial charge >= 0.3 is 5.97 Å². The first-order chi connectivity index (χ1) is 9.79. The molecule has 0 aliphatic carbocycles. The number of carbonyl (C=O) groups is 2. The van der Waals surface area contributed by atoms with E-state index in [0.29, 0.717) is 12.8 Å². The number of carboxylic acid groups (broad SMARTS) is 1. The van der Waals surface area contributed by atoms with Crippen LogP contribution < -0.4 is 15.8 Å². The van der Waals surface area contributed by atoms with E-state index in [1.807, 2.05) is 0 Å². The minimum atomic E-state index is -3.86. The third kappa shape index (κ3) is 3.50. The van der Waals surface area contributed by atoms with E-state index >= 15 is 0 Å². The first-order valence-electron chi connectivity index (χ1n) is 6.21. The summed E-state index contributed by atoms with van der Waals surface area (Å²) in [5.41, 5.74) is 5.37. The first-order valence-corrected chi connectivity index (χ1v) is 7.70. The highest BCUT2D eigenvalue weighted by Gasteiger charge is 2.24. The predicted octanol–water partition coefficient (Wildman–Crippen LogP) is -0.476. The molecule has 1 fully saturated rings. The number of sulfonamides is 1. The molecule has 1 aliphatic rings. The van der Waals surface area contributed by atoms with Crippen molar-refractivity contribution in [3.05, 3.63) is 23.8 Å². The van der Waals surface area contributed by atoms with Crippen LogP contribution in [-0.2, 0) is 14.8 Å². The van der Waals surface area contributed by atoms with E-state index in [2.05, 4.69) is 10.0 Å². The molecule has 114 valence electrons. The number of carboxylic acids is 1. The van der Waals surface area contributed by atoms with Crippen molar-refractivity contribution in [2.75, 3.05) is 12.3 Å². The molecule has 21 heavy (non-hydrogen) atoms. The highest BCUT2D eigenvalue weighted by Crippen LogP contribution is 2.20. The Kier molecular flexibility index (Phi) is 4.14. The van der Waals surface area contributed by atoms with Gasteiger partial charge in [0.05, 0.1) is 11.3 Å². The minimum absolute atomic E-state index is 0.0637. The summed E-state index contributed by atoms with van der Waals surface area (Å²) in [6, 6.07) is 3.17. The van der Waals surface area contributed by atoms with E-state index < -0.39 is 16.0 Å². The maximum absolute atomic E-state index is 12.1. The van der Waals surface area contributed by atoms with Crippen molar-refractivity contribution < 1.29 is 23.1 Å². The molecule has 0 aromatic heterocycles. The lowest BCUT2D eigenvalue weighted by Crippen LogP contribution is -2.38. The van der Waals surface area contributed by atoms with Crippen LogP contribution in [0.2, 0.25) is 0 Å². The van der Waals surface area contributed by atoms with E-state index in [1.54, 1.807) is 0 Å². The zero-order valence-corrected chi connectivity index (χ0v) is 11.8. The number of nitrogen functional groups attached to an aromatic ring is 1. The van der Waals surface area contributed by atoms with Crippen molar-refractivity contribution in [1.29, 1.82) is 0 Å². The Morgan fingerprint density at radius 3 is 2.71 bits per heavy atom. The second-order valence-corrected chi connectivity index (χ2v) is 6.45. The average Bonchev–Trinajstić information content (AvgIpc) is 2.82. The fraction of sp³-hybridized carbons (Fsp3) is 0.333. The van der Waals surface area contributed by atoms with Crippen LogP contribution in [0.5, 0.6) is 0 Å². The van der Waals surface area contributed by atoms with Crippen LogP contribution in [0.3, 0.4) is 0 Å². The summed E-state index contributed by atoms with van der Waals surface area (Å²) in [5, 5.41) is 11.5. The van der Waals surface area contributed by atoms with Gasteiger partial charge < -0.3 is 16.2 Å². The van der Waals surface area contributed by atoms with Gasteiger partial charge in [0.25, 0.3) is 0 Å². The second-order valence-electron chi connectivity index (χ2n) is 4.71. The average molecular weight is 313 g/mol. The summed E-state index contributed by atoms with van der Waals surface area (Å²) < 4.78 is 26.6. The molecule has 1 aromatic carbocycles. The Morgan fingerprint density at radius 1 is 1.48 bits per heavy atom. The van der Waals surface area contributed by atoms with Gasteiger partial charge in [0.15, 0.2) is 0 Å². The highest BCUT2D eigenvalue weighted by molar-refractivity contribution is 7.89. The number of anilines is 1. The van der Waals surface area contributed by atoms with E-state index in [0.717, 1.165) is 12.1 Å². The van der Waals surface area contributed by atoms with Crippen LogP contribution >= 0.6 is 0 Å². The SMILES string of the molecule is Nc1cc(C(=O)O)ccc1S(=O)(=O)NCC1CCC(=O)N1. The number of amides is 1. The molecule has 5 N–H and O–H groups in total. The summed E-state index contributed by atoms with van der Waals surface area (Å²) in [7, 11) is -3.86. The number of nitrogens with one attached hydrogen (secondary N) is 2. The molecule has 0 radical (unpaired) electrons. The number of benzene rings is 1. The van der Waals surface area contributed by atoms with E-state index in [1.165, 1.54) is 6.07 Å². The van der Waals surface area contributed by atoms with Crippen LogP contribution in [0, 0.1) is 0 Å². The third-order valence-corrected chi connectivity index (χ3v) is 4.65. The molecule has 9 heteroatoms. The van der Waals surface area contributed by atoms with Crippen LogP contribution in [0.4, 0.5) is 5.69 Å². The number of nitrogens with two attached hydrogens (primary N) is 1. The molecule has 1 atom stereocenters. The molecule has 0 saturated carbocycles. The van der Waals surface area contributed by atoms with Gasteiger partial charge in [-0.15, -0.1) is 0 Å². The number of carbonyl (C=O) groups excluding carboxylic acids is 1. The number of hydrogen-bond acceptors (Lipinski definition) is 5. The van der Waals surface area contributed by atoms with Crippen LogP contribution in [0.25, 0.3) is 0 Å². The summed E-state index contributed by atoms with van der Waals surface area (Å²) in [6.07, 6.45) is 0.941. The molecule has 1 unspecified atom stereocenters. The predicted molar refractivity (Wildman–Crippen MR) is 74.2 cm³/mol. The van der Waals surface area contributed by atoms with Crippen LogP contribution in [-0.4, -0.2) is 38.0 Å². The lowest BCUT2D eigenvalue weighted by atomic mass is 10.2. The minimum Gasteiger partial charge on any atom is -0.478 e. The van der Waals surface area contributed by atoms with Crippen molar-refractivity contribution >= 4 is 27.6 Å². The molecule has 1 aliphatic heterocycles. The normalized spacial score (nSPS) is 18.5. The first kappa shape index (κ1) is 15.3. The molecule has 1 aromatic rings. The van der Waals surface area contributed by atoms with Crippen LogP contribution in [0.1, 0.15) is 23.2 Å². The molecular weight excluding hydrogens is 298 g/mol. The Labute approximate surface area is 121 Å². The lowest BCUT2D eigenvalue weighted by Gasteiger charge is -2.13. The Balaban J connectivity index is 2.12. The topological polar surface area (TPSA) is 139 Å². The van der Waals surface area contributed by atoms with E-state index in [-0.39, 0.29) is 34.6 Å². The van der Waals surface area contributed by atoms with Crippen molar-refractivity contribution in [1.82, 2.24) is 10.0 Å². The molecule has 1 amide bonds. The zero-order valence-electron chi connectivity index (χ0n) is 11.0. The molecule has 8 nitrogen and oxygen atoms in total. The van der Waals surface area contributed by atoms with Gasteiger partial charge in [0.2, 0.25) is 15.9 Å². The third-order valence-electron chi connectivity index (χ3n) is 3.15. The second kappa shape index (κ2) is 5.70. The lowest BCUT2D eigenvalue weighted by molar-refractivity contribution is -0.119. The fourth-order valence-corrected chi connectivity index (χ4v) is 3.24. The molecule has 1 saturated heterocycles. The fourth-order valence-electron chi connectivity index (χ4n) is 2.04. The van der Waals surface area contributed by atoms with Crippen molar-refractivity contribution in [3.8, 4) is 0 Å². The quantitative estimate of drug-likeness (QED) is 0.542. The monoisotopic (exact) mass is 313 g/mol. The van der Waals surface area contributed by atoms with Gasteiger partial charge in [-0.05, 0) is 24.6 Å². The van der Waals surface area contributed by atoms with E-state index in [4.69, 9.17) is 10.8 Å². The molecule has 2 rings (SSSR count). The number of rotatable bonds is 5. The number of hydrogen-bond donors (Lipinski definition) is 4. The van der Waals surface area contributed by atoms with Gasteiger partial charge in [-0.1, -0.05) is 0 Å². The number of aromatic carboxylic acids is 1. The maximum Gasteiger partial charge on any atom is 0.335 e. The van der Waals surface area contributed by atoms with Crippen molar-refractivity contribution in [2.24, 2.45) is 0 Å². The van der Waals surface area contributed by atoms with Gasteiger partial charge in [-0.2, -0.15) is 0 Å². The smallest absolute Gasteiger partial charge is 0.335 e. The summed E-state index contributed by atoms with van der Waals surface area (Å²) in [4.78, 5) is 21.6. The Hall–Kier alpha value is -2.13. The van der Waals surface area contributed by atoms with Crippen LogP contribution in [0.15, 0.2) is 23.1 Å². The molecule has 1 heterocycles. The molecular formula is C12H15N3O5S. The summed E-state index contributed by atoms with van der Waals surface area (Å²) in [6.45, 7) is 0.0637. The zero-order chi connectivity index (χ0) is 15.6. The standard InChI is InChI=1S/C12H15N3O5S/c13-9-5-7(12(17)18)1-3-10(9)21(19,20)14-6-8-2-4-11(16)15-8/h1,3,5,8,14H,2,4,6,13H2,(H,15,16)(H,17,18). The maximum atomic E-state index is 12.1. The van der Waals surface area contributed by atoms with Crippen molar-refractivity contribution in [3.63, 3.8) is 0 Å². The van der Waals surface area contributed by atoms with E-state index in [9.17, 15) is 18.0 Å². The Morgan fingerprint density at radius 2 is 2.19 bits per heavy atom. The largest absolute Gasteiger partial charge is 0.478 e. The van der Waals surface area contributed by atoms with Gasteiger partial charge in [-0.3, -0.25) is 4.79 Å². The summed E-state index contributed by atoms with van der Waals surface area (Å²) >= 11 is 0. The Bertz CT molecular complexity index is 686.